The first kappa shape index (κ1) is 18.1. The molecule has 1 unspecified atom stereocenters. The smallest absolute Gasteiger partial charge is 0.325 e. The largest absolute Gasteiger partial charge is 0.480 e. The number of benzene rings is 1. The van der Waals surface area contributed by atoms with E-state index in [4.69, 9.17) is 0 Å². The fourth-order valence-electron chi connectivity index (χ4n) is 4.02. The van der Waals surface area contributed by atoms with Crippen LogP contribution in [-0.4, -0.2) is 67.1 Å². The molecule has 0 amide bonds. The lowest BCUT2D eigenvalue weighted by molar-refractivity contribution is -0.143. The molecule has 1 fully saturated rings. The summed E-state index contributed by atoms with van der Waals surface area (Å²) >= 11 is 3.46. The molecule has 0 spiro atoms. The van der Waals surface area contributed by atoms with E-state index in [2.05, 4.69) is 45.7 Å². The maximum atomic E-state index is 12.2. The molecule has 1 saturated heterocycles. The number of fused-ring (bicyclic) bond motifs is 2. The number of carbonyl (C=O) groups is 1. The van der Waals surface area contributed by atoms with E-state index in [0.717, 1.165) is 32.3 Å². The predicted octanol–water partition coefficient (Wildman–Crippen LogP) is 2.54. The third kappa shape index (κ3) is 3.14. The molecule has 4 aromatic rings. The van der Waals surface area contributed by atoms with Gasteiger partial charge in [-0.05, 0) is 12.1 Å². The van der Waals surface area contributed by atoms with Gasteiger partial charge in [0.25, 0.3) is 0 Å². The standard InChI is InChI=1S/C19H18BrN7O2/c20-11-1-2-12-13(8-21-14(12)7-11)16(19(28)29)26-3-5-27(6-4-26)18-15-17(23-9-22-15)24-10-25-18/h1-2,7-10,16,21H,3-6H2,(H,28,29)(H,22,23,24,25). The molecule has 5 rings (SSSR count). The van der Waals surface area contributed by atoms with Crippen LogP contribution < -0.4 is 4.90 Å². The molecule has 0 bridgehead atoms. The summed E-state index contributed by atoms with van der Waals surface area (Å²) < 4.78 is 0.953. The van der Waals surface area contributed by atoms with Crippen LogP contribution in [0.4, 0.5) is 5.82 Å². The Hall–Kier alpha value is -2.98. The van der Waals surface area contributed by atoms with Gasteiger partial charge < -0.3 is 20.0 Å². The molecule has 0 aliphatic carbocycles. The van der Waals surface area contributed by atoms with Crippen molar-refractivity contribution < 1.29 is 9.90 Å². The normalized spacial score (nSPS) is 16.5. The number of hydrogen-bond acceptors (Lipinski definition) is 6. The maximum absolute atomic E-state index is 12.2. The van der Waals surface area contributed by atoms with Crippen molar-refractivity contribution in [1.29, 1.82) is 0 Å². The second-order valence-corrected chi connectivity index (χ2v) is 7.91. The first-order chi connectivity index (χ1) is 14.1. The molecule has 1 atom stereocenters. The van der Waals surface area contributed by atoms with E-state index >= 15 is 0 Å². The van der Waals surface area contributed by atoms with Crippen LogP contribution in [0.1, 0.15) is 11.6 Å². The Bertz CT molecular complexity index is 1200. The van der Waals surface area contributed by atoms with Gasteiger partial charge in [0.2, 0.25) is 0 Å². The molecule has 148 valence electrons. The number of imidazole rings is 1. The SMILES string of the molecule is O=C(O)C(c1c[nH]c2cc(Br)ccc12)N1CCN(c2ncnc3nc[nH]c23)CC1. The van der Waals surface area contributed by atoms with Crippen LogP contribution in [0.2, 0.25) is 0 Å². The molecule has 1 aromatic carbocycles. The van der Waals surface area contributed by atoms with Crippen molar-refractivity contribution in [3.8, 4) is 0 Å². The maximum Gasteiger partial charge on any atom is 0.325 e. The van der Waals surface area contributed by atoms with Gasteiger partial charge in [-0.3, -0.25) is 9.69 Å². The van der Waals surface area contributed by atoms with Crippen LogP contribution in [0.15, 0.2) is 41.5 Å². The van der Waals surface area contributed by atoms with Gasteiger partial charge in [0, 0.05) is 53.3 Å². The van der Waals surface area contributed by atoms with Crippen LogP contribution in [0, 0.1) is 0 Å². The minimum absolute atomic E-state index is 0.611. The number of H-pyrrole nitrogens is 2. The van der Waals surface area contributed by atoms with Crippen molar-refractivity contribution >= 4 is 49.8 Å². The van der Waals surface area contributed by atoms with Gasteiger partial charge in [-0.1, -0.05) is 22.0 Å². The first-order valence-electron chi connectivity index (χ1n) is 9.24. The number of aliphatic carboxylic acids is 1. The Morgan fingerprint density at radius 3 is 2.76 bits per heavy atom. The number of nitrogens with zero attached hydrogens (tertiary/aromatic N) is 5. The van der Waals surface area contributed by atoms with Gasteiger partial charge in [0.1, 0.15) is 17.9 Å². The number of piperazine rings is 1. The van der Waals surface area contributed by atoms with Crippen molar-refractivity contribution in [3.05, 3.63) is 47.1 Å². The van der Waals surface area contributed by atoms with Gasteiger partial charge in [-0.2, -0.15) is 0 Å². The molecule has 1 aliphatic heterocycles. The number of nitrogens with one attached hydrogen (secondary N) is 2. The Kier molecular flexibility index (Phi) is 4.44. The molecular weight excluding hydrogens is 438 g/mol. The van der Waals surface area contributed by atoms with Crippen LogP contribution >= 0.6 is 15.9 Å². The van der Waals surface area contributed by atoms with Gasteiger partial charge in [-0.15, -0.1) is 0 Å². The lowest BCUT2D eigenvalue weighted by Crippen LogP contribution is -2.49. The summed E-state index contributed by atoms with van der Waals surface area (Å²) in [6, 6.07) is 5.14. The second kappa shape index (κ2) is 7.12. The summed E-state index contributed by atoms with van der Waals surface area (Å²) in [6.07, 6.45) is 4.92. The van der Waals surface area contributed by atoms with Gasteiger partial charge >= 0.3 is 5.97 Å². The van der Waals surface area contributed by atoms with Crippen molar-refractivity contribution in [1.82, 2.24) is 29.8 Å². The molecule has 3 aromatic heterocycles. The van der Waals surface area contributed by atoms with Crippen molar-refractivity contribution in [3.63, 3.8) is 0 Å². The van der Waals surface area contributed by atoms with E-state index < -0.39 is 12.0 Å². The average molecular weight is 456 g/mol. The zero-order valence-electron chi connectivity index (χ0n) is 15.3. The van der Waals surface area contributed by atoms with Crippen molar-refractivity contribution in [2.75, 3.05) is 31.1 Å². The van der Waals surface area contributed by atoms with Crippen LogP contribution in [-0.2, 0) is 4.79 Å². The number of carboxylic acids is 1. The van der Waals surface area contributed by atoms with Gasteiger partial charge in [0.15, 0.2) is 11.5 Å². The highest BCUT2D eigenvalue weighted by molar-refractivity contribution is 9.10. The molecule has 4 heterocycles. The molecule has 10 heteroatoms. The average Bonchev–Trinajstić information content (AvgIpc) is 3.35. The third-order valence-corrected chi connectivity index (χ3v) is 5.88. The summed E-state index contributed by atoms with van der Waals surface area (Å²) in [5.74, 6) is -0.0452. The highest BCUT2D eigenvalue weighted by Crippen LogP contribution is 2.31. The molecule has 0 radical (unpaired) electrons. The van der Waals surface area contributed by atoms with E-state index in [-0.39, 0.29) is 0 Å². The zero-order chi connectivity index (χ0) is 20.0. The highest BCUT2D eigenvalue weighted by atomic mass is 79.9. The molecule has 0 saturated carbocycles. The fourth-order valence-corrected chi connectivity index (χ4v) is 4.38. The highest BCUT2D eigenvalue weighted by Gasteiger charge is 2.32. The summed E-state index contributed by atoms with van der Waals surface area (Å²) in [5.41, 5.74) is 3.14. The number of carboxylic acid groups (broad SMARTS) is 1. The lowest BCUT2D eigenvalue weighted by atomic mass is 10.0. The zero-order valence-corrected chi connectivity index (χ0v) is 16.9. The van der Waals surface area contributed by atoms with E-state index in [0.29, 0.717) is 31.8 Å². The fraction of sp³-hybridized carbons (Fsp3) is 0.263. The second-order valence-electron chi connectivity index (χ2n) is 7.00. The Balaban J connectivity index is 1.40. The van der Waals surface area contributed by atoms with Crippen LogP contribution in [0.25, 0.3) is 22.1 Å². The molecule has 1 aliphatic rings. The Labute approximate surface area is 173 Å². The van der Waals surface area contributed by atoms with Crippen LogP contribution in [0.5, 0.6) is 0 Å². The van der Waals surface area contributed by atoms with E-state index in [9.17, 15) is 9.90 Å². The molecule has 9 nitrogen and oxygen atoms in total. The van der Waals surface area contributed by atoms with E-state index in [1.807, 2.05) is 23.1 Å². The molecule has 3 N–H and O–H groups in total. The van der Waals surface area contributed by atoms with E-state index in [1.165, 1.54) is 6.33 Å². The third-order valence-electron chi connectivity index (χ3n) is 5.39. The van der Waals surface area contributed by atoms with Gasteiger partial charge in [0.05, 0.1) is 6.33 Å². The summed E-state index contributed by atoms with van der Waals surface area (Å²) in [6.45, 7) is 2.56. The number of aromatic amines is 2. The number of halogens is 1. The quantitative estimate of drug-likeness (QED) is 0.433. The Morgan fingerprint density at radius 2 is 1.97 bits per heavy atom. The van der Waals surface area contributed by atoms with Gasteiger partial charge in [-0.25, -0.2) is 15.0 Å². The summed E-state index contributed by atoms with van der Waals surface area (Å²) in [7, 11) is 0. The summed E-state index contributed by atoms with van der Waals surface area (Å²) in [4.78, 5) is 35.4. The van der Waals surface area contributed by atoms with Crippen molar-refractivity contribution in [2.24, 2.45) is 0 Å². The number of anilines is 1. The summed E-state index contributed by atoms with van der Waals surface area (Å²) in [5, 5.41) is 10.9. The number of rotatable bonds is 4. The first-order valence-corrected chi connectivity index (χ1v) is 10.0. The van der Waals surface area contributed by atoms with Crippen molar-refractivity contribution in [2.45, 2.75) is 6.04 Å². The monoisotopic (exact) mass is 455 g/mol. The molecule has 29 heavy (non-hydrogen) atoms. The lowest BCUT2D eigenvalue weighted by Gasteiger charge is -2.38. The number of aromatic nitrogens is 5. The topological polar surface area (TPSA) is 114 Å². The number of hydrogen-bond donors (Lipinski definition) is 3. The van der Waals surface area contributed by atoms with Crippen LogP contribution in [0.3, 0.4) is 0 Å². The Morgan fingerprint density at radius 1 is 1.14 bits per heavy atom. The minimum atomic E-state index is -0.847. The predicted molar refractivity (Wildman–Crippen MR) is 112 cm³/mol. The minimum Gasteiger partial charge on any atom is -0.480 e. The van der Waals surface area contributed by atoms with E-state index in [1.54, 1.807) is 12.5 Å². The molecular formula is C19H18BrN7O2.